The maximum absolute atomic E-state index is 12.2. The van der Waals surface area contributed by atoms with Crippen LogP contribution < -0.4 is 5.32 Å². The SMILES string of the molecule is Cc1ccc2c(c1)C(=O)CC(c1ccccc1)N2. The van der Waals surface area contributed by atoms with E-state index in [0.717, 1.165) is 22.4 Å². The molecule has 0 radical (unpaired) electrons. The predicted octanol–water partition coefficient (Wildman–Crippen LogP) is 3.73. The molecule has 0 aromatic heterocycles. The normalized spacial score (nSPS) is 18.1. The van der Waals surface area contributed by atoms with Crippen LogP contribution in [-0.2, 0) is 0 Å². The monoisotopic (exact) mass is 237 g/mol. The third-order valence-electron chi connectivity index (χ3n) is 3.40. The average Bonchev–Trinajstić information content (AvgIpc) is 2.40. The Morgan fingerprint density at radius 2 is 1.89 bits per heavy atom. The van der Waals surface area contributed by atoms with E-state index in [4.69, 9.17) is 0 Å². The molecule has 0 amide bonds. The second kappa shape index (κ2) is 4.30. The Labute approximate surface area is 107 Å². The molecule has 1 N–H and O–H groups in total. The van der Waals surface area contributed by atoms with Crippen LogP contribution in [0.25, 0.3) is 0 Å². The summed E-state index contributed by atoms with van der Waals surface area (Å²) in [5.74, 6) is 0.223. The van der Waals surface area contributed by atoms with Crippen molar-refractivity contribution in [3.8, 4) is 0 Å². The molecule has 1 atom stereocenters. The van der Waals surface area contributed by atoms with Gasteiger partial charge < -0.3 is 5.32 Å². The molecule has 1 unspecified atom stereocenters. The fourth-order valence-electron chi connectivity index (χ4n) is 2.44. The number of anilines is 1. The Hall–Kier alpha value is -2.09. The van der Waals surface area contributed by atoms with Crippen LogP contribution in [0.5, 0.6) is 0 Å². The number of benzene rings is 2. The minimum atomic E-state index is 0.0916. The topological polar surface area (TPSA) is 29.1 Å². The van der Waals surface area contributed by atoms with Crippen LogP contribution in [0, 0.1) is 6.92 Å². The van der Waals surface area contributed by atoms with Crippen molar-refractivity contribution in [2.45, 2.75) is 19.4 Å². The minimum absolute atomic E-state index is 0.0916. The summed E-state index contributed by atoms with van der Waals surface area (Å²) < 4.78 is 0. The summed E-state index contributed by atoms with van der Waals surface area (Å²) in [5, 5.41) is 3.45. The number of aryl methyl sites for hydroxylation is 1. The number of Topliss-reactive ketones (excluding diaryl/α,β-unsaturated/α-hetero) is 1. The predicted molar refractivity (Wildman–Crippen MR) is 72.9 cm³/mol. The lowest BCUT2D eigenvalue weighted by molar-refractivity contribution is 0.0972. The number of ketones is 1. The van der Waals surface area contributed by atoms with Gasteiger partial charge in [0.25, 0.3) is 0 Å². The van der Waals surface area contributed by atoms with Gasteiger partial charge in [-0.2, -0.15) is 0 Å². The third kappa shape index (κ3) is 1.90. The Morgan fingerprint density at radius 1 is 1.11 bits per heavy atom. The largest absolute Gasteiger partial charge is 0.377 e. The highest BCUT2D eigenvalue weighted by molar-refractivity contribution is 6.03. The van der Waals surface area contributed by atoms with Crippen molar-refractivity contribution in [3.63, 3.8) is 0 Å². The second-order valence-electron chi connectivity index (χ2n) is 4.78. The van der Waals surface area contributed by atoms with Gasteiger partial charge in [-0.3, -0.25) is 4.79 Å². The quantitative estimate of drug-likeness (QED) is 0.818. The van der Waals surface area contributed by atoms with E-state index < -0.39 is 0 Å². The molecule has 0 fully saturated rings. The number of carbonyl (C=O) groups excluding carboxylic acids is 1. The van der Waals surface area contributed by atoms with Crippen LogP contribution in [0.3, 0.4) is 0 Å². The van der Waals surface area contributed by atoms with Gasteiger partial charge in [0.15, 0.2) is 5.78 Å². The first-order valence-electron chi connectivity index (χ1n) is 6.19. The number of carbonyl (C=O) groups is 1. The maximum atomic E-state index is 12.2. The molecular weight excluding hydrogens is 222 g/mol. The van der Waals surface area contributed by atoms with E-state index in [9.17, 15) is 4.79 Å². The summed E-state index contributed by atoms with van der Waals surface area (Å²) in [6.45, 7) is 2.01. The van der Waals surface area contributed by atoms with Gasteiger partial charge >= 0.3 is 0 Å². The smallest absolute Gasteiger partial charge is 0.167 e. The maximum Gasteiger partial charge on any atom is 0.167 e. The Balaban J connectivity index is 1.97. The summed E-state index contributed by atoms with van der Waals surface area (Å²) in [4.78, 5) is 12.2. The summed E-state index contributed by atoms with van der Waals surface area (Å²) in [7, 11) is 0. The number of hydrogen-bond acceptors (Lipinski definition) is 2. The van der Waals surface area contributed by atoms with Crippen molar-refractivity contribution in [1.29, 1.82) is 0 Å². The second-order valence-corrected chi connectivity index (χ2v) is 4.78. The van der Waals surface area contributed by atoms with Gasteiger partial charge in [0.1, 0.15) is 0 Å². The standard InChI is InChI=1S/C16H15NO/c1-11-7-8-14-13(9-11)16(18)10-15(17-14)12-5-3-2-4-6-12/h2-9,15,17H,10H2,1H3. The Morgan fingerprint density at radius 3 is 2.67 bits per heavy atom. The van der Waals surface area contributed by atoms with Crippen LogP contribution in [0.1, 0.15) is 33.9 Å². The van der Waals surface area contributed by atoms with Gasteiger partial charge in [-0.25, -0.2) is 0 Å². The molecule has 3 rings (SSSR count). The highest BCUT2D eigenvalue weighted by atomic mass is 16.1. The van der Waals surface area contributed by atoms with Crippen molar-refractivity contribution in [2.24, 2.45) is 0 Å². The van der Waals surface area contributed by atoms with E-state index in [1.54, 1.807) is 0 Å². The molecule has 0 spiro atoms. The fraction of sp³-hybridized carbons (Fsp3) is 0.188. The summed E-state index contributed by atoms with van der Waals surface area (Å²) in [5.41, 5.74) is 4.06. The van der Waals surface area contributed by atoms with Gasteiger partial charge in [0.2, 0.25) is 0 Å². The lowest BCUT2D eigenvalue weighted by Gasteiger charge is -2.26. The Bertz CT molecular complexity index is 589. The van der Waals surface area contributed by atoms with Gasteiger partial charge in [0, 0.05) is 17.7 Å². The summed E-state index contributed by atoms with van der Waals surface area (Å²) in [6, 6.07) is 16.2. The van der Waals surface area contributed by atoms with Gasteiger partial charge in [-0.05, 0) is 24.6 Å². The van der Waals surface area contributed by atoms with Crippen LogP contribution in [-0.4, -0.2) is 5.78 Å². The number of fused-ring (bicyclic) bond motifs is 1. The molecule has 90 valence electrons. The lowest BCUT2D eigenvalue weighted by atomic mass is 9.91. The summed E-state index contributed by atoms with van der Waals surface area (Å²) in [6.07, 6.45) is 0.528. The fourth-order valence-corrected chi connectivity index (χ4v) is 2.44. The van der Waals surface area contributed by atoms with Crippen LogP contribution in [0.15, 0.2) is 48.5 Å². The molecule has 2 heteroatoms. The lowest BCUT2D eigenvalue weighted by Crippen LogP contribution is -2.22. The zero-order chi connectivity index (χ0) is 12.5. The number of nitrogens with one attached hydrogen (secondary N) is 1. The van der Waals surface area contributed by atoms with Crippen molar-refractivity contribution >= 4 is 11.5 Å². The van der Waals surface area contributed by atoms with Crippen molar-refractivity contribution in [1.82, 2.24) is 0 Å². The molecule has 0 saturated heterocycles. The molecule has 0 aliphatic carbocycles. The van der Waals surface area contributed by atoms with E-state index in [0.29, 0.717) is 6.42 Å². The zero-order valence-corrected chi connectivity index (χ0v) is 10.3. The third-order valence-corrected chi connectivity index (χ3v) is 3.40. The van der Waals surface area contributed by atoms with Gasteiger partial charge in [-0.15, -0.1) is 0 Å². The van der Waals surface area contributed by atoms with E-state index in [1.807, 2.05) is 43.3 Å². The first-order chi connectivity index (χ1) is 8.74. The molecular formula is C16H15NO. The first kappa shape index (κ1) is 11.0. The molecule has 18 heavy (non-hydrogen) atoms. The minimum Gasteiger partial charge on any atom is -0.377 e. The molecule has 2 aromatic rings. The highest BCUT2D eigenvalue weighted by Crippen LogP contribution is 2.32. The highest BCUT2D eigenvalue weighted by Gasteiger charge is 2.25. The van der Waals surface area contributed by atoms with E-state index in [1.165, 1.54) is 0 Å². The Kier molecular flexibility index (Phi) is 2.63. The molecule has 1 aliphatic rings. The number of rotatable bonds is 1. The van der Waals surface area contributed by atoms with E-state index in [2.05, 4.69) is 17.4 Å². The van der Waals surface area contributed by atoms with Crippen molar-refractivity contribution in [2.75, 3.05) is 5.32 Å². The molecule has 2 nitrogen and oxygen atoms in total. The molecule has 2 aromatic carbocycles. The number of hydrogen-bond donors (Lipinski definition) is 1. The average molecular weight is 237 g/mol. The summed E-state index contributed by atoms with van der Waals surface area (Å²) >= 11 is 0. The molecule has 1 aliphatic heterocycles. The first-order valence-corrected chi connectivity index (χ1v) is 6.19. The van der Waals surface area contributed by atoms with Gasteiger partial charge in [-0.1, -0.05) is 42.0 Å². The van der Waals surface area contributed by atoms with Crippen molar-refractivity contribution < 1.29 is 4.79 Å². The molecule has 0 bridgehead atoms. The van der Waals surface area contributed by atoms with Crippen LogP contribution in [0.2, 0.25) is 0 Å². The molecule has 1 heterocycles. The van der Waals surface area contributed by atoms with Gasteiger partial charge in [0.05, 0.1) is 6.04 Å². The van der Waals surface area contributed by atoms with Crippen molar-refractivity contribution in [3.05, 3.63) is 65.2 Å². The van der Waals surface area contributed by atoms with E-state index >= 15 is 0 Å². The van der Waals surface area contributed by atoms with E-state index in [-0.39, 0.29) is 11.8 Å². The van der Waals surface area contributed by atoms with Crippen LogP contribution in [0.4, 0.5) is 5.69 Å². The van der Waals surface area contributed by atoms with Crippen LogP contribution >= 0.6 is 0 Å². The molecule has 0 saturated carbocycles. The zero-order valence-electron chi connectivity index (χ0n) is 10.3.